The molecule has 0 bridgehead atoms. The van der Waals surface area contributed by atoms with Crippen LogP contribution >= 0.6 is 0 Å². The van der Waals surface area contributed by atoms with E-state index in [1.165, 1.54) is 6.08 Å². The van der Waals surface area contributed by atoms with Gasteiger partial charge >= 0.3 is 0 Å². The second kappa shape index (κ2) is 13.7. The Morgan fingerprint density at radius 1 is 1.02 bits per heavy atom. The smallest absolute Gasteiger partial charge is 0.262 e. The Hall–Kier alpha value is -3.80. The van der Waals surface area contributed by atoms with E-state index in [-0.39, 0.29) is 12.1 Å². The van der Waals surface area contributed by atoms with Crippen LogP contribution in [0.2, 0.25) is 0 Å². The predicted molar refractivity (Wildman–Crippen MR) is 160 cm³/mol. The van der Waals surface area contributed by atoms with E-state index in [0.717, 1.165) is 67.1 Å². The quantitative estimate of drug-likeness (QED) is 0.151. The van der Waals surface area contributed by atoms with E-state index >= 15 is 0 Å². The average Bonchev–Trinajstić information content (AvgIpc) is 3.39. The zero-order chi connectivity index (χ0) is 30.5. The highest BCUT2D eigenvalue weighted by atomic mass is 16.6. The number of ether oxygens (including phenoxy) is 2. The number of benzene rings is 2. The summed E-state index contributed by atoms with van der Waals surface area (Å²) in [6.45, 7) is 5.06. The fourth-order valence-electron chi connectivity index (χ4n) is 5.34. The first kappa shape index (κ1) is 30.7. The summed E-state index contributed by atoms with van der Waals surface area (Å²) in [6, 6.07) is 18.1. The Morgan fingerprint density at radius 3 is 2.53 bits per heavy atom. The van der Waals surface area contributed by atoms with Crippen LogP contribution in [0.25, 0.3) is 28.1 Å². The standard InChI is InChI=1S/C31H37N5O7/c1-35-24(16-22(17-32)30(40)34-18-26-27(37)28(38)29(39)31(41)43-26)6-7-25(35)21-3-2-20-15-23(5-4-19(20)14-21)33-8-9-36-10-12-42-13-11-36/h2-7,14-16,26-29,31,33,37-39,41H,8-13,18H2,1H3,(H,34,40)/b22-16+/t26-,27-,28+,29-,31?/m1/s1. The Morgan fingerprint density at radius 2 is 1.77 bits per heavy atom. The maximum absolute atomic E-state index is 12.7. The Balaban J connectivity index is 1.23. The van der Waals surface area contributed by atoms with E-state index in [4.69, 9.17) is 9.47 Å². The lowest BCUT2D eigenvalue weighted by Crippen LogP contribution is -2.60. The number of carbonyl (C=O) groups is 1. The van der Waals surface area contributed by atoms with Gasteiger partial charge in [0, 0.05) is 56.8 Å². The summed E-state index contributed by atoms with van der Waals surface area (Å²) >= 11 is 0. The minimum absolute atomic E-state index is 0.175. The number of aromatic nitrogens is 1. The number of fused-ring (bicyclic) bond motifs is 1. The van der Waals surface area contributed by atoms with Gasteiger partial charge in [0.25, 0.3) is 5.91 Å². The van der Waals surface area contributed by atoms with Crippen molar-refractivity contribution in [3.63, 3.8) is 0 Å². The molecule has 2 fully saturated rings. The van der Waals surface area contributed by atoms with Crippen molar-refractivity contribution in [1.82, 2.24) is 14.8 Å². The SMILES string of the molecule is Cn1c(/C=C(\C#N)C(=O)NC[C@H]2OC(O)[C@H](O)[C@@H](O)[C@@H]2O)ccc1-c1ccc2cc(NCCN3CCOCC3)ccc2c1. The summed E-state index contributed by atoms with van der Waals surface area (Å²) in [5.41, 5.74) is 3.40. The lowest BCUT2D eigenvalue weighted by atomic mass is 9.99. The van der Waals surface area contributed by atoms with Gasteiger partial charge in [-0.25, -0.2) is 0 Å². The topological polar surface area (TPSA) is 172 Å². The Kier molecular flexibility index (Phi) is 9.74. The van der Waals surface area contributed by atoms with Crippen molar-refractivity contribution in [3.8, 4) is 17.3 Å². The number of hydrogen-bond donors (Lipinski definition) is 6. The van der Waals surface area contributed by atoms with Gasteiger partial charge in [-0.15, -0.1) is 0 Å². The molecular formula is C31H37N5O7. The number of rotatable bonds is 9. The third-order valence-electron chi connectivity index (χ3n) is 7.97. The van der Waals surface area contributed by atoms with Gasteiger partial charge in [-0.05, 0) is 52.7 Å². The van der Waals surface area contributed by atoms with Crippen molar-refractivity contribution in [3.05, 3.63) is 59.8 Å². The molecule has 0 radical (unpaired) electrons. The van der Waals surface area contributed by atoms with Crippen molar-refractivity contribution in [2.45, 2.75) is 30.7 Å². The highest BCUT2D eigenvalue weighted by molar-refractivity contribution is 6.01. The number of nitrogens with one attached hydrogen (secondary N) is 2. The van der Waals surface area contributed by atoms with Crippen molar-refractivity contribution >= 4 is 28.4 Å². The largest absolute Gasteiger partial charge is 0.388 e. The number of nitrogens with zero attached hydrogens (tertiary/aromatic N) is 3. The fourth-order valence-corrected chi connectivity index (χ4v) is 5.34. The van der Waals surface area contributed by atoms with E-state index in [2.05, 4.69) is 45.9 Å². The molecule has 2 aliphatic rings. The molecule has 2 saturated heterocycles. The fraction of sp³-hybridized carbons (Fsp3) is 0.419. The Labute approximate surface area is 249 Å². The lowest BCUT2D eigenvalue weighted by molar-refractivity contribution is -0.280. The first-order valence-electron chi connectivity index (χ1n) is 14.3. The highest BCUT2D eigenvalue weighted by Crippen LogP contribution is 2.28. The minimum Gasteiger partial charge on any atom is -0.388 e. The number of hydrogen-bond acceptors (Lipinski definition) is 10. The van der Waals surface area contributed by atoms with Gasteiger partial charge in [0.05, 0.1) is 13.2 Å². The van der Waals surface area contributed by atoms with Crippen LogP contribution in [0.3, 0.4) is 0 Å². The number of aliphatic hydroxyl groups is 4. The summed E-state index contributed by atoms with van der Waals surface area (Å²) in [7, 11) is 1.85. The number of nitriles is 1. The second-order valence-corrected chi connectivity index (χ2v) is 10.8. The van der Waals surface area contributed by atoms with E-state index in [1.807, 2.05) is 35.9 Å². The van der Waals surface area contributed by atoms with Gasteiger partial charge in [0.1, 0.15) is 36.1 Å². The maximum Gasteiger partial charge on any atom is 0.262 e. The van der Waals surface area contributed by atoms with Crippen molar-refractivity contribution in [1.29, 1.82) is 5.26 Å². The monoisotopic (exact) mass is 591 g/mol. The number of amides is 1. The molecule has 12 nitrogen and oxygen atoms in total. The lowest BCUT2D eigenvalue weighted by Gasteiger charge is -2.38. The van der Waals surface area contributed by atoms with Crippen molar-refractivity contribution in [2.24, 2.45) is 7.05 Å². The maximum atomic E-state index is 12.7. The molecule has 43 heavy (non-hydrogen) atoms. The van der Waals surface area contributed by atoms with Gasteiger partial charge in [-0.2, -0.15) is 5.26 Å². The molecule has 2 aliphatic heterocycles. The summed E-state index contributed by atoms with van der Waals surface area (Å²) in [5, 5.41) is 57.1. The predicted octanol–water partition coefficient (Wildman–Crippen LogP) is 0.412. The van der Waals surface area contributed by atoms with Crippen LogP contribution in [-0.4, -0.2) is 112 Å². The molecule has 3 heterocycles. The summed E-state index contributed by atoms with van der Waals surface area (Å²) in [4.78, 5) is 15.1. The second-order valence-electron chi connectivity index (χ2n) is 10.8. The summed E-state index contributed by atoms with van der Waals surface area (Å²) < 4.78 is 12.4. The van der Waals surface area contributed by atoms with E-state index < -0.39 is 36.6 Å². The van der Waals surface area contributed by atoms with Crippen LogP contribution in [0.15, 0.2) is 54.1 Å². The Bertz CT molecular complexity index is 1510. The van der Waals surface area contributed by atoms with Gasteiger partial charge in [-0.3, -0.25) is 9.69 Å². The van der Waals surface area contributed by atoms with Crippen LogP contribution in [-0.2, 0) is 21.3 Å². The molecule has 5 atom stereocenters. The van der Waals surface area contributed by atoms with Crippen LogP contribution in [0.1, 0.15) is 5.69 Å². The van der Waals surface area contributed by atoms with Crippen LogP contribution in [0.4, 0.5) is 5.69 Å². The van der Waals surface area contributed by atoms with E-state index in [9.17, 15) is 30.5 Å². The first-order chi connectivity index (χ1) is 20.7. The minimum atomic E-state index is -1.72. The zero-order valence-electron chi connectivity index (χ0n) is 23.9. The molecule has 2 aromatic carbocycles. The zero-order valence-corrected chi connectivity index (χ0v) is 23.9. The van der Waals surface area contributed by atoms with Crippen LogP contribution < -0.4 is 10.6 Å². The van der Waals surface area contributed by atoms with E-state index in [0.29, 0.717) is 5.69 Å². The molecular weight excluding hydrogens is 554 g/mol. The van der Waals surface area contributed by atoms with Crippen molar-refractivity contribution in [2.75, 3.05) is 51.3 Å². The molecule has 3 aromatic rings. The number of morpholine rings is 1. The molecule has 228 valence electrons. The molecule has 0 saturated carbocycles. The molecule has 5 rings (SSSR count). The van der Waals surface area contributed by atoms with Crippen molar-refractivity contribution < 1.29 is 34.7 Å². The average molecular weight is 592 g/mol. The number of aliphatic hydroxyl groups excluding tert-OH is 4. The third-order valence-corrected chi connectivity index (χ3v) is 7.97. The highest BCUT2D eigenvalue weighted by Gasteiger charge is 2.43. The number of anilines is 1. The number of carbonyl (C=O) groups excluding carboxylic acids is 1. The summed E-state index contributed by atoms with van der Waals surface area (Å²) in [6.07, 6.45) is -6.27. The third kappa shape index (κ3) is 7.06. The van der Waals surface area contributed by atoms with Crippen LogP contribution in [0, 0.1) is 11.3 Å². The summed E-state index contributed by atoms with van der Waals surface area (Å²) in [5.74, 6) is -0.712. The molecule has 0 aliphatic carbocycles. The van der Waals surface area contributed by atoms with Gasteiger partial charge in [0.15, 0.2) is 6.29 Å². The van der Waals surface area contributed by atoms with Crippen LogP contribution in [0.5, 0.6) is 0 Å². The first-order valence-corrected chi connectivity index (χ1v) is 14.3. The molecule has 12 heteroatoms. The van der Waals surface area contributed by atoms with Gasteiger partial charge in [-0.1, -0.05) is 18.2 Å². The van der Waals surface area contributed by atoms with E-state index in [1.54, 1.807) is 0 Å². The molecule has 6 N–H and O–H groups in total. The molecule has 1 unspecified atom stereocenters. The van der Waals surface area contributed by atoms with Gasteiger partial charge < -0.3 is 45.1 Å². The van der Waals surface area contributed by atoms with Gasteiger partial charge in [0.2, 0.25) is 0 Å². The molecule has 1 amide bonds. The normalized spacial score (nSPS) is 24.9. The molecule has 0 spiro atoms. The molecule has 1 aromatic heterocycles.